The van der Waals surface area contributed by atoms with Crippen molar-refractivity contribution < 1.29 is 48.0 Å². The fourth-order valence-corrected chi connectivity index (χ4v) is 8.43. The highest BCUT2D eigenvalue weighted by Gasteiger charge is 2.83. The first kappa shape index (κ1) is 33.4. The maximum absolute atomic E-state index is 13.9. The van der Waals surface area contributed by atoms with Crippen molar-refractivity contribution in [3.05, 3.63) is 108 Å². The minimum absolute atomic E-state index is 0.108. The van der Waals surface area contributed by atoms with E-state index in [4.69, 9.17) is 23.7 Å². The first-order chi connectivity index (χ1) is 22.8. The molecule has 0 unspecified atom stereocenters. The summed E-state index contributed by atoms with van der Waals surface area (Å²) in [5.74, 6) is -4.09. The lowest BCUT2D eigenvalue weighted by Crippen LogP contribution is -2.79. The largest absolute Gasteiger partial charge is 0.459 e. The molecule has 9 atom stereocenters. The third-order valence-electron chi connectivity index (χ3n) is 10.4. The summed E-state index contributed by atoms with van der Waals surface area (Å²) in [7, 11) is 0. The van der Waals surface area contributed by atoms with Crippen LogP contribution < -0.4 is 0 Å². The molecule has 10 heteroatoms. The zero-order chi connectivity index (χ0) is 34.4. The third kappa shape index (κ3) is 5.37. The molecule has 6 rings (SSSR count). The van der Waals surface area contributed by atoms with Gasteiger partial charge in [-0.3, -0.25) is 4.79 Å². The summed E-state index contributed by atoms with van der Waals surface area (Å²) in [5.41, 5.74) is -3.50. The summed E-state index contributed by atoms with van der Waals surface area (Å²) in [4.78, 5) is 54.3. The van der Waals surface area contributed by atoms with E-state index in [1.54, 1.807) is 112 Å². The van der Waals surface area contributed by atoms with Gasteiger partial charge < -0.3 is 28.8 Å². The Bertz CT molecular complexity index is 1680. The Morgan fingerprint density at radius 3 is 1.56 bits per heavy atom. The molecule has 3 fully saturated rings. The minimum Gasteiger partial charge on any atom is -0.459 e. The minimum atomic E-state index is -1.63. The van der Waals surface area contributed by atoms with Crippen LogP contribution in [0.15, 0.2) is 91.0 Å². The van der Waals surface area contributed by atoms with E-state index in [1.165, 1.54) is 6.92 Å². The quantitative estimate of drug-likeness (QED) is 0.268. The van der Waals surface area contributed by atoms with Crippen LogP contribution in [0.5, 0.6) is 0 Å². The zero-order valence-corrected chi connectivity index (χ0v) is 27.5. The molecule has 252 valence electrons. The summed E-state index contributed by atoms with van der Waals surface area (Å²) in [6.45, 7) is 8.43. The molecule has 0 aromatic heterocycles. The number of ether oxygens (including phenoxy) is 5. The lowest BCUT2D eigenvalue weighted by Gasteiger charge is -2.63. The monoisotopic (exact) mass is 656 g/mol. The van der Waals surface area contributed by atoms with E-state index < -0.39 is 82.8 Å². The van der Waals surface area contributed by atoms with Crippen LogP contribution in [0.1, 0.15) is 72.1 Å². The molecule has 1 saturated heterocycles. The number of fused-ring (bicyclic) bond motifs is 1. The Kier molecular flexibility index (Phi) is 8.68. The van der Waals surface area contributed by atoms with Crippen LogP contribution in [-0.4, -0.2) is 70.7 Å². The number of benzene rings is 3. The van der Waals surface area contributed by atoms with Gasteiger partial charge in [0.05, 0.1) is 39.7 Å². The van der Waals surface area contributed by atoms with Gasteiger partial charge in [-0.2, -0.15) is 0 Å². The van der Waals surface area contributed by atoms with E-state index >= 15 is 0 Å². The van der Waals surface area contributed by atoms with Gasteiger partial charge in [0.1, 0.15) is 23.9 Å². The van der Waals surface area contributed by atoms with Crippen LogP contribution in [0.4, 0.5) is 0 Å². The third-order valence-corrected chi connectivity index (χ3v) is 10.4. The highest BCUT2D eigenvalue weighted by molar-refractivity contribution is 5.91. The number of carbonyl (C=O) groups is 4. The fraction of sp³-hybridized carbons (Fsp3) is 0.421. The van der Waals surface area contributed by atoms with E-state index in [-0.39, 0.29) is 23.1 Å². The molecule has 1 heterocycles. The fourth-order valence-electron chi connectivity index (χ4n) is 8.43. The molecule has 0 radical (unpaired) electrons. The van der Waals surface area contributed by atoms with E-state index in [9.17, 15) is 24.3 Å². The van der Waals surface area contributed by atoms with Crippen LogP contribution in [-0.2, 0) is 28.5 Å². The van der Waals surface area contributed by atoms with Crippen LogP contribution in [0.25, 0.3) is 0 Å². The number of hydrogen-bond donors (Lipinski definition) is 1. The molecule has 2 bridgehead atoms. The lowest BCUT2D eigenvalue weighted by molar-refractivity contribution is -0.310. The molecular weight excluding hydrogens is 616 g/mol. The van der Waals surface area contributed by atoms with Crippen LogP contribution in [0.2, 0.25) is 0 Å². The van der Waals surface area contributed by atoms with Gasteiger partial charge in [-0.15, -0.1) is 0 Å². The van der Waals surface area contributed by atoms with E-state index in [1.807, 2.05) is 6.92 Å². The van der Waals surface area contributed by atoms with Crippen molar-refractivity contribution in [2.45, 2.75) is 82.8 Å². The van der Waals surface area contributed by atoms with E-state index in [2.05, 4.69) is 0 Å². The predicted octanol–water partition coefficient (Wildman–Crippen LogP) is 5.18. The summed E-state index contributed by atoms with van der Waals surface area (Å²) in [6.07, 6.45) is -6.18. The molecule has 2 aliphatic carbocycles. The van der Waals surface area contributed by atoms with Crippen molar-refractivity contribution in [3.63, 3.8) is 0 Å². The Labute approximate surface area is 279 Å². The Balaban J connectivity index is 1.57. The molecule has 1 aliphatic heterocycles. The van der Waals surface area contributed by atoms with Gasteiger partial charge in [0.15, 0.2) is 6.10 Å². The van der Waals surface area contributed by atoms with Crippen LogP contribution in [0, 0.1) is 17.3 Å². The Hall–Kier alpha value is -4.54. The molecule has 10 nitrogen and oxygen atoms in total. The molecule has 2 saturated carbocycles. The maximum Gasteiger partial charge on any atom is 0.338 e. The van der Waals surface area contributed by atoms with E-state index in [0.29, 0.717) is 0 Å². The average molecular weight is 657 g/mol. The normalized spacial score (nSPS) is 33.1. The number of esters is 4. The van der Waals surface area contributed by atoms with Gasteiger partial charge in [0.25, 0.3) is 0 Å². The van der Waals surface area contributed by atoms with Gasteiger partial charge in [-0.25, -0.2) is 14.4 Å². The van der Waals surface area contributed by atoms with Crippen molar-refractivity contribution in [1.29, 1.82) is 0 Å². The predicted molar refractivity (Wildman–Crippen MR) is 172 cm³/mol. The van der Waals surface area contributed by atoms with Crippen molar-refractivity contribution in [2.24, 2.45) is 17.3 Å². The van der Waals surface area contributed by atoms with Gasteiger partial charge in [-0.05, 0) is 69.5 Å². The first-order valence-corrected chi connectivity index (χ1v) is 16.1. The lowest BCUT2D eigenvalue weighted by atomic mass is 9.47. The van der Waals surface area contributed by atoms with Crippen molar-refractivity contribution in [3.8, 4) is 0 Å². The highest BCUT2D eigenvalue weighted by atomic mass is 16.6. The van der Waals surface area contributed by atoms with Crippen molar-refractivity contribution in [1.82, 2.24) is 0 Å². The van der Waals surface area contributed by atoms with Gasteiger partial charge >= 0.3 is 23.9 Å². The van der Waals surface area contributed by atoms with E-state index in [0.717, 1.165) is 0 Å². The molecule has 1 spiro atoms. The standard InChI is InChI=1S/C38H40O10/c1-22-21-27(40)30(46-34(42)25-17-11-7-12-18-25)37(5)32(47-35(43)26-19-13-8-14-20-26)29(45-33(41)24-15-9-6-10-16-24)28-31(44-23(2)39)38(22,37)48-36(28,3)4/h6-20,22,27-32,40H,21H2,1-5H3/t22-,27+,28-,29-,30+,31-,32-,37+,38-/m1/s1. The number of aliphatic hydroxyl groups excluding tert-OH is 1. The second-order valence-corrected chi connectivity index (χ2v) is 13.7. The molecule has 48 heavy (non-hydrogen) atoms. The molecule has 1 N–H and O–H groups in total. The molecule has 3 aromatic carbocycles. The zero-order valence-electron chi connectivity index (χ0n) is 27.5. The summed E-state index contributed by atoms with van der Waals surface area (Å²) < 4.78 is 32.1. The van der Waals surface area contributed by atoms with Crippen LogP contribution >= 0.6 is 0 Å². The van der Waals surface area contributed by atoms with Crippen molar-refractivity contribution >= 4 is 23.9 Å². The highest BCUT2D eigenvalue weighted by Crippen LogP contribution is 2.68. The summed E-state index contributed by atoms with van der Waals surface area (Å²) in [6, 6.07) is 25.0. The van der Waals surface area contributed by atoms with Crippen LogP contribution in [0.3, 0.4) is 0 Å². The van der Waals surface area contributed by atoms with Gasteiger partial charge in [0.2, 0.25) is 0 Å². The Morgan fingerprint density at radius 2 is 1.10 bits per heavy atom. The topological polar surface area (TPSA) is 135 Å². The smallest absolute Gasteiger partial charge is 0.338 e. The second kappa shape index (κ2) is 12.5. The van der Waals surface area contributed by atoms with Gasteiger partial charge in [0, 0.05) is 6.92 Å². The number of hydrogen-bond acceptors (Lipinski definition) is 10. The number of carbonyl (C=O) groups excluding carboxylic acids is 4. The Morgan fingerprint density at radius 1 is 0.667 bits per heavy atom. The maximum atomic E-state index is 13.9. The number of rotatable bonds is 7. The average Bonchev–Trinajstić information content (AvgIpc) is 3.27. The van der Waals surface area contributed by atoms with Gasteiger partial charge in [-0.1, -0.05) is 61.5 Å². The number of aliphatic hydroxyl groups is 1. The summed E-state index contributed by atoms with van der Waals surface area (Å²) in [5, 5.41) is 11.8. The second-order valence-electron chi connectivity index (χ2n) is 13.7. The van der Waals surface area contributed by atoms with Crippen molar-refractivity contribution in [2.75, 3.05) is 0 Å². The summed E-state index contributed by atoms with van der Waals surface area (Å²) >= 11 is 0. The first-order valence-electron chi connectivity index (χ1n) is 16.1. The molecule has 3 aromatic rings. The molecular formula is C38H40O10. The SMILES string of the molecule is CC(=O)O[C@@H]1[C@H]2[C@@H](OC(=O)c3ccccc3)[C@@H](OC(=O)c3ccccc3)[C@]3(C)[C@@H](OC(=O)c4ccccc4)[C@@H](O)C[C@@H](C)[C@@]13OC2(C)C. The molecule has 3 aliphatic rings. The molecule has 0 amide bonds.